The lowest BCUT2D eigenvalue weighted by atomic mass is 9.99. The minimum atomic E-state index is -0.806. The Kier molecular flexibility index (Phi) is 6.62. The highest BCUT2D eigenvalue weighted by Gasteiger charge is 2.34. The SMILES string of the molecule is Cc1ccc([C@H](C(=O)NC(C)(C)C)N(Cc2ccccc2)C(=O)c2csnn2)cc1. The fourth-order valence-corrected chi connectivity index (χ4v) is 3.56. The fourth-order valence-electron chi connectivity index (χ4n) is 3.12. The summed E-state index contributed by atoms with van der Waals surface area (Å²) in [7, 11) is 0. The van der Waals surface area contributed by atoms with Gasteiger partial charge in [-0.3, -0.25) is 9.59 Å². The van der Waals surface area contributed by atoms with Gasteiger partial charge in [0.1, 0.15) is 6.04 Å². The number of rotatable bonds is 6. The highest BCUT2D eigenvalue weighted by molar-refractivity contribution is 7.03. The van der Waals surface area contributed by atoms with E-state index in [4.69, 9.17) is 0 Å². The molecule has 1 heterocycles. The van der Waals surface area contributed by atoms with Gasteiger partial charge in [-0.05, 0) is 50.4 Å². The number of carbonyl (C=O) groups excluding carboxylic acids is 2. The molecule has 0 saturated carbocycles. The smallest absolute Gasteiger partial charge is 0.276 e. The van der Waals surface area contributed by atoms with Crippen molar-refractivity contribution in [2.45, 2.75) is 45.8 Å². The van der Waals surface area contributed by atoms with Gasteiger partial charge < -0.3 is 10.2 Å². The molecule has 0 saturated heterocycles. The van der Waals surface area contributed by atoms with Crippen LogP contribution in [0.4, 0.5) is 0 Å². The number of carbonyl (C=O) groups is 2. The van der Waals surface area contributed by atoms with E-state index < -0.39 is 11.6 Å². The van der Waals surface area contributed by atoms with E-state index in [9.17, 15) is 9.59 Å². The Bertz CT molecular complexity index is 980. The largest absolute Gasteiger partial charge is 0.349 e. The van der Waals surface area contributed by atoms with E-state index in [-0.39, 0.29) is 24.1 Å². The zero-order chi connectivity index (χ0) is 21.7. The second-order valence-electron chi connectivity index (χ2n) is 8.26. The van der Waals surface area contributed by atoms with Crippen molar-refractivity contribution in [1.82, 2.24) is 19.8 Å². The summed E-state index contributed by atoms with van der Waals surface area (Å²) in [6.45, 7) is 8.02. The minimum Gasteiger partial charge on any atom is -0.349 e. The Hall–Kier alpha value is -3.06. The molecule has 156 valence electrons. The van der Waals surface area contributed by atoms with Crippen molar-refractivity contribution in [3.05, 3.63) is 82.4 Å². The fraction of sp³-hybridized carbons (Fsp3) is 0.304. The van der Waals surface area contributed by atoms with Crippen LogP contribution in [0.3, 0.4) is 0 Å². The van der Waals surface area contributed by atoms with Crippen LogP contribution in [0, 0.1) is 6.92 Å². The van der Waals surface area contributed by atoms with Crippen LogP contribution >= 0.6 is 11.5 Å². The molecule has 2 aromatic carbocycles. The van der Waals surface area contributed by atoms with Gasteiger partial charge >= 0.3 is 0 Å². The predicted molar refractivity (Wildman–Crippen MR) is 118 cm³/mol. The zero-order valence-corrected chi connectivity index (χ0v) is 18.4. The van der Waals surface area contributed by atoms with E-state index in [1.165, 1.54) is 0 Å². The van der Waals surface area contributed by atoms with Gasteiger partial charge in [-0.15, -0.1) is 5.10 Å². The summed E-state index contributed by atoms with van der Waals surface area (Å²) >= 11 is 1.11. The van der Waals surface area contributed by atoms with E-state index in [0.717, 1.165) is 28.2 Å². The van der Waals surface area contributed by atoms with Crippen LogP contribution in [0.1, 0.15) is 54.0 Å². The van der Waals surface area contributed by atoms with Crippen molar-refractivity contribution in [3.8, 4) is 0 Å². The second-order valence-corrected chi connectivity index (χ2v) is 8.87. The van der Waals surface area contributed by atoms with E-state index in [0.29, 0.717) is 0 Å². The number of nitrogens with zero attached hydrogens (tertiary/aromatic N) is 3. The summed E-state index contributed by atoms with van der Waals surface area (Å²) < 4.78 is 3.82. The van der Waals surface area contributed by atoms with Crippen LogP contribution in [0.15, 0.2) is 60.0 Å². The maximum absolute atomic E-state index is 13.4. The molecule has 1 aromatic heterocycles. The topological polar surface area (TPSA) is 75.2 Å². The van der Waals surface area contributed by atoms with Gasteiger partial charge in [0.15, 0.2) is 5.69 Å². The highest BCUT2D eigenvalue weighted by Crippen LogP contribution is 2.27. The van der Waals surface area contributed by atoms with Gasteiger partial charge in [-0.1, -0.05) is 64.6 Å². The number of nitrogens with one attached hydrogen (secondary N) is 1. The molecular formula is C23H26N4O2S. The first-order valence-electron chi connectivity index (χ1n) is 9.75. The Labute approximate surface area is 181 Å². The summed E-state index contributed by atoms with van der Waals surface area (Å²) in [4.78, 5) is 28.4. The molecule has 7 heteroatoms. The molecule has 0 radical (unpaired) electrons. The van der Waals surface area contributed by atoms with Gasteiger partial charge in [0.2, 0.25) is 5.91 Å². The van der Waals surface area contributed by atoms with Crippen LogP contribution in [0.25, 0.3) is 0 Å². The molecule has 3 aromatic rings. The minimum absolute atomic E-state index is 0.233. The molecular weight excluding hydrogens is 396 g/mol. The van der Waals surface area contributed by atoms with Crippen molar-refractivity contribution in [1.29, 1.82) is 0 Å². The van der Waals surface area contributed by atoms with Crippen LogP contribution in [0.5, 0.6) is 0 Å². The third-order valence-electron chi connectivity index (χ3n) is 4.49. The molecule has 6 nitrogen and oxygen atoms in total. The maximum atomic E-state index is 13.4. The van der Waals surface area contributed by atoms with Crippen molar-refractivity contribution < 1.29 is 9.59 Å². The lowest BCUT2D eigenvalue weighted by molar-refractivity contribution is -0.127. The third-order valence-corrected chi connectivity index (χ3v) is 4.99. The number of hydrogen-bond donors (Lipinski definition) is 1. The molecule has 0 aliphatic heterocycles. The summed E-state index contributed by atoms with van der Waals surface area (Å²) in [5.74, 6) is -0.568. The maximum Gasteiger partial charge on any atom is 0.276 e. The first-order valence-corrected chi connectivity index (χ1v) is 10.6. The average molecular weight is 423 g/mol. The second kappa shape index (κ2) is 9.17. The van der Waals surface area contributed by atoms with E-state index >= 15 is 0 Å². The molecule has 1 atom stereocenters. The summed E-state index contributed by atoms with van der Waals surface area (Å²) in [6.07, 6.45) is 0. The Morgan fingerprint density at radius 1 is 1.07 bits per heavy atom. The molecule has 2 amide bonds. The predicted octanol–water partition coefficient (Wildman–Crippen LogP) is 4.14. The van der Waals surface area contributed by atoms with Crippen molar-refractivity contribution in [3.63, 3.8) is 0 Å². The number of aromatic nitrogens is 2. The third kappa shape index (κ3) is 5.51. The quantitative estimate of drug-likeness (QED) is 0.648. The molecule has 0 bridgehead atoms. The molecule has 0 spiro atoms. The Morgan fingerprint density at radius 3 is 2.30 bits per heavy atom. The van der Waals surface area contributed by atoms with Crippen molar-refractivity contribution >= 4 is 23.3 Å². The lowest BCUT2D eigenvalue weighted by Gasteiger charge is -2.33. The molecule has 3 rings (SSSR count). The number of hydrogen-bond acceptors (Lipinski definition) is 5. The molecule has 0 aliphatic rings. The number of aryl methyl sites for hydroxylation is 1. The van der Waals surface area contributed by atoms with E-state index in [1.807, 2.05) is 82.3 Å². The van der Waals surface area contributed by atoms with Gasteiger partial charge in [0.05, 0.1) is 0 Å². The van der Waals surface area contributed by atoms with Gasteiger partial charge in [0.25, 0.3) is 5.91 Å². The van der Waals surface area contributed by atoms with Gasteiger partial charge in [-0.25, -0.2) is 0 Å². The summed E-state index contributed by atoms with van der Waals surface area (Å²) in [5.41, 5.74) is 2.54. The Morgan fingerprint density at radius 2 is 1.73 bits per heavy atom. The molecule has 30 heavy (non-hydrogen) atoms. The van der Waals surface area contributed by atoms with Crippen molar-refractivity contribution in [2.24, 2.45) is 0 Å². The highest BCUT2D eigenvalue weighted by atomic mass is 32.1. The van der Waals surface area contributed by atoms with Crippen LogP contribution in [0.2, 0.25) is 0 Å². The number of amides is 2. The van der Waals surface area contributed by atoms with Gasteiger partial charge in [0, 0.05) is 17.5 Å². The molecule has 0 fully saturated rings. The van der Waals surface area contributed by atoms with Crippen LogP contribution < -0.4 is 5.32 Å². The first kappa shape index (κ1) is 21.6. The number of benzene rings is 2. The summed E-state index contributed by atoms with van der Waals surface area (Å²) in [5, 5.41) is 8.59. The monoisotopic (exact) mass is 422 g/mol. The zero-order valence-electron chi connectivity index (χ0n) is 17.6. The normalized spacial score (nSPS) is 12.3. The van der Waals surface area contributed by atoms with Crippen molar-refractivity contribution in [2.75, 3.05) is 0 Å². The molecule has 0 unspecified atom stereocenters. The molecule has 1 N–H and O–H groups in total. The van der Waals surface area contributed by atoms with Crippen LogP contribution in [-0.2, 0) is 11.3 Å². The van der Waals surface area contributed by atoms with E-state index in [2.05, 4.69) is 14.9 Å². The Balaban J connectivity index is 2.07. The summed E-state index contributed by atoms with van der Waals surface area (Å²) in [6, 6.07) is 16.5. The standard InChI is InChI=1S/C23H26N4O2S/c1-16-10-12-18(13-11-16)20(21(28)24-23(2,3)4)27(14-17-8-6-5-7-9-17)22(29)19-15-30-26-25-19/h5-13,15,20H,14H2,1-4H3,(H,24,28)/t20-/m1/s1. The lowest BCUT2D eigenvalue weighted by Crippen LogP contribution is -2.49. The van der Waals surface area contributed by atoms with E-state index in [1.54, 1.807) is 10.3 Å². The molecule has 0 aliphatic carbocycles. The van der Waals surface area contributed by atoms with Crippen LogP contribution in [-0.4, -0.2) is 31.8 Å². The average Bonchev–Trinajstić information content (AvgIpc) is 3.22. The van der Waals surface area contributed by atoms with Gasteiger partial charge in [-0.2, -0.15) is 0 Å². The first-order chi connectivity index (χ1) is 14.2.